The summed E-state index contributed by atoms with van der Waals surface area (Å²) in [6.45, 7) is 14.2. The second-order valence-corrected chi connectivity index (χ2v) is 8.27. The van der Waals surface area contributed by atoms with Crippen LogP contribution in [-0.4, -0.2) is 65.1 Å². The number of hydrogen-bond donors (Lipinski definition) is 0. The average molecular weight is 451 g/mol. The van der Waals surface area contributed by atoms with Gasteiger partial charge in [0.2, 0.25) is 0 Å². The van der Waals surface area contributed by atoms with Crippen molar-refractivity contribution in [3.63, 3.8) is 0 Å². The number of methoxy groups -OCH3 is 2. The maximum Gasteiger partial charge on any atom is 0.118 e. The maximum absolute atomic E-state index is 5.84. The zero-order valence-corrected chi connectivity index (χ0v) is 21.1. The first-order valence-corrected chi connectivity index (χ1v) is 11.2. The summed E-state index contributed by atoms with van der Waals surface area (Å²) in [5, 5.41) is 0. The lowest BCUT2D eigenvalue weighted by atomic mass is 10.0. The van der Waals surface area contributed by atoms with Gasteiger partial charge in [-0.1, -0.05) is 18.2 Å². The van der Waals surface area contributed by atoms with E-state index in [4.69, 9.17) is 28.4 Å². The zero-order chi connectivity index (χ0) is 23.9. The van der Waals surface area contributed by atoms with Gasteiger partial charge in [-0.3, -0.25) is 0 Å². The number of hydrogen-bond acceptors (Lipinski definition) is 6. The molecule has 4 unspecified atom stereocenters. The van der Waals surface area contributed by atoms with Crippen LogP contribution in [0.5, 0.6) is 0 Å². The molecule has 6 nitrogen and oxygen atoms in total. The monoisotopic (exact) mass is 450 g/mol. The fraction of sp³-hybridized carbons (Fsp3) is 0.615. The van der Waals surface area contributed by atoms with E-state index in [0.29, 0.717) is 26.4 Å². The summed E-state index contributed by atoms with van der Waals surface area (Å²) in [4.78, 5) is 0. The van der Waals surface area contributed by atoms with Crippen molar-refractivity contribution >= 4 is 11.1 Å². The SMILES string of the molecule is COCC(C)OCC(C)OC=C(C)c1cccc(C(C)=COC(C)COC(C)COC)c1. The molecule has 1 rings (SSSR count). The Morgan fingerprint density at radius 3 is 1.47 bits per heavy atom. The van der Waals surface area contributed by atoms with Crippen molar-refractivity contribution in [2.24, 2.45) is 0 Å². The number of benzene rings is 1. The van der Waals surface area contributed by atoms with Crippen LogP contribution in [0.25, 0.3) is 11.1 Å². The molecule has 4 atom stereocenters. The van der Waals surface area contributed by atoms with Gasteiger partial charge in [-0.05, 0) is 69.9 Å². The van der Waals surface area contributed by atoms with Crippen molar-refractivity contribution in [2.45, 2.75) is 66.0 Å². The largest absolute Gasteiger partial charge is 0.496 e. The van der Waals surface area contributed by atoms with Crippen LogP contribution in [0.15, 0.2) is 36.8 Å². The Morgan fingerprint density at radius 2 is 1.09 bits per heavy atom. The Labute approximate surface area is 194 Å². The molecule has 1 aromatic rings. The second-order valence-electron chi connectivity index (χ2n) is 8.27. The normalized spacial score (nSPS) is 16.4. The first-order chi connectivity index (χ1) is 15.3. The van der Waals surface area contributed by atoms with Crippen LogP contribution in [0.4, 0.5) is 0 Å². The molecule has 182 valence electrons. The minimum absolute atomic E-state index is 0.0437. The van der Waals surface area contributed by atoms with Crippen molar-refractivity contribution in [2.75, 3.05) is 40.6 Å². The summed E-state index contributed by atoms with van der Waals surface area (Å²) in [6.07, 6.45) is 3.60. The molecule has 1 aromatic carbocycles. The van der Waals surface area contributed by atoms with E-state index < -0.39 is 0 Å². The molecule has 0 aliphatic carbocycles. The Hall–Kier alpha value is -1.86. The lowest BCUT2D eigenvalue weighted by Crippen LogP contribution is -2.22. The van der Waals surface area contributed by atoms with Crippen molar-refractivity contribution in [3.8, 4) is 0 Å². The minimum atomic E-state index is -0.0437. The standard InChI is InChI=1S/C26H42O6/c1-19(13-29-23(5)17-31-21(3)15-27-7)25-10-9-11-26(12-25)20(2)14-30-24(6)18-32-22(4)16-28-8/h9-14,21-24H,15-18H2,1-8H3. The van der Waals surface area contributed by atoms with Gasteiger partial charge in [-0.25, -0.2) is 0 Å². The molecule has 32 heavy (non-hydrogen) atoms. The predicted molar refractivity (Wildman–Crippen MR) is 129 cm³/mol. The van der Waals surface area contributed by atoms with Crippen molar-refractivity contribution in [3.05, 3.63) is 47.9 Å². The van der Waals surface area contributed by atoms with Gasteiger partial charge in [0.05, 0.1) is 51.2 Å². The van der Waals surface area contributed by atoms with Gasteiger partial charge in [0, 0.05) is 14.2 Å². The molecule has 0 amide bonds. The molecule has 0 N–H and O–H groups in total. The third-order valence-electron chi connectivity index (χ3n) is 4.76. The van der Waals surface area contributed by atoms with Gasteiger partial charge in [0.25, 0.3) is 0 Å². The van der Waals surface area contributed by atoms with Crippen LogP contribution in [0.1, 0.15) is 52.7 Å². The molecular weight excluding hydrogens is 408 g/mol. The predicted octanol–water partition coefficient (Wildman–Crippen LogP) is 5.32. The summed E-state index contributed by atoms with van der Waals surface area (Å²) in [5.74, 6) is 0. The third kappa shape index (κ3) is 11.7. The van der Waals surface area contributed by atoms with E-state index in [1.54, 1.807) is 26.7 Å². The van der Waals surface area contributed by atoms with E-state index in [-0.39, 0.29) is 24.4 Å². The summed E-state index contributed by atoms with van der Waals surface area (Å²) in [5.41, 5.74) is 4.29. The summed E-state index contributed by atoms with van der Waals surface area (Å²) in [6, 6.07) is 8.32. The molecular formula is C26H42O6. The van der Waals surface area contributed by atoms with Gasteiger partial charge < -0.3 is 28.4 Å². The fourth-order valence-electron chi connectivity index (χ4n) is 2.83. The van der Waals surface area contributed by atoms with Crippen molar-refractivity contribution < 1.29 is 28.4 Å². The molecule has 0 saturated carbocycles. The summed E-state index contributed by atoms with van der Waals surface area (Å²) < 4.78 is 33.3. The highest BCUT2D eigenvalue weighted by molar-refractivity contribution is 5.70. The van der Waals surface area contributed by atoms with Crippen molar-refractivity contribution in [1.29, 1.82) is 0 Å². The molecule has 0 aromatic heterocycles. The molecule has 0 aliphatic rings. The van der Waals surface area contributed by atoms with E-state index in [1.807, 2.05) is 47.6 Å². The number of ether oxygens (including phenoxy) is 6. The first-order valence-electron chi connectivity index (χ1n) is 11.2. The van der Waals surface area contributed by atoms with Crippen LogP contribution in [0.3, 0.4) is 0 Å². The Kier molecular flexibility index (Phi) is 14.0. The molecule has 0 aliphatic heterocycles. The van der Waals surface area contributed by atoms with Crippen LogP contribution < -0.4 is 0 Å². The van der Waals surface area contributed by atoms with Crippen molar-refractivity contribution in [1.82, 2.24) is 0 Å². The van der Waals surface area contributed by atoms with Gasteiger partial charge in [0.1, 0.15) is 12.2 Å². The second kappa shape index (κ2) is 15.9. The fourth-order valence-corrected chi connectivity index (χ4v) is 2.83. The Balaban J connectivity index is 2.61. The number of rotatable bonds is 16. The van der Waals surface area contributed by atoms with E-state index >= 15 is 0 Å². The number of allylic oxidation sites excluding steroid dienone is 2. The highest BCUT2D eigenvalue weighted by Gasteiger charge is 2.08. The van der Waals surface area contributed by atoms with E-state index in [0.717, 1.165) is 22.3 Å². The third-order valence-corrected chi connectivity index (χ3v) is 4.76. The molecule has 0 fully saturated rings. The molecule has 0 spiro atoms. The summed E-state index contributed by atoms with van der Waals surface area (Å²) >= 11 is 0. The van der Waals surface area contributed by atoms with E-state index in [9.17, 15) is 0 Å². The Bertz CT molecular complexity index is 644. The molecule has 6 heteroatoms. The topological polar surface area (TPSA) is 55.4 Å². The van der Waals surface area contributed by atoms with Gasteiger partial charge in [0.15, 0.2) is 0 Å². The van der Waals surface area contributed by atoms with Crippen LogP contribution in [0, 0.1) is 0 Å². The van der Waals surface area contributed by atoms with Gasteiger partial charge >= 0.3 is 0 Å². The highest BCUT2D eigenvalue weighted by Crippen LogP contribution is 2.21. The van der Waals surface area contributed by atoms with Crippen LogP contribution in [0.2, 0.25) is 0 Å². The van der Waals surface area contributed by atoms with Gasteiger partial charge in [-0.15, -0.1) is 0 Å². The molecule has 0 heterocycles. The molecule has 0 bridgehead atoms. The maximum atomic E-state index is 5.84. The van der Waals surface area contributed by atoms with E-state index in [1.165, 1.54) is 0 Å². The smallest absolute Gasteiger partial charge is 0.118 e. The first kappa shape index (κ1) is 28.2. The molecule has 0 radical (unpaired) electrons. The summed E-state index contributed by atoms with van der Waals surface area (Å²) in [7, 11) is 3.34. The average Bonchev–Trinajstić information content (AvgIpc) is 2.78. The zero-order valence-electron chi connectivity index (χ0n) is 21.1. The highest BCUT2D eigenvalue weighted by atomic mass is 16.6. The minimum Gasteiger partial charge on any atom is -0.496 e. The van der Waals surface area contributed by atoms with Crippen LogP contribution in [-0.2, 0) is 28.4 Å². The van der Waals surface area contributed by atoms with Gasteiger partial charge in [-0.2, -0.15) is 0 Å². The quantitative estimate of drug-likeness (QED) is 0.318. The molecule has 0 saturated heterocycles. The van der Waals surface area contributed by atoms with Crippen LogP contribution >= 0.6 is 0 Å². The lowest BCUT2D eigenvalue weighted by molar-refractivity contribution is -0.0302. The van der Waals surface area contributed by atoms with E-state index in [2.05, 4.69) is 18.2 Å². The Morgan fingerprint density at radius 1 is 0.688 bits per heavy atom. The lowest BCUT2D eigenvalue weighted by Gasteiger charge is -2.17.